The van der Waals surface area contributed by atoms with Crippen LogP contribution in [-0.2, 0) is 0 Å². The van der Waals surface area contributed by atoms with E-state index in [1.165, 1.54) is 0 Å². The molecular formula is C4H6N2. The lowest BCUT2D eigenvalue weighted by Crippen LogP contribution is -1.82. The fourth-order valence-electron chi connectivity index (χ4n) is 0.365. The van der Waals surface area contributed by atoms with Crippen molar-refractivity contribution in [3.8, 4) is 0 Å². The molecule has 0 fully saturated rings. The molecule has 0 unspecified atom stereocenters. The van der Waals surface area contributed by atoms with E-state index in [4.69, 9.17) is 0 Å². The second kappa shape index (κ2) is 1.20. The Kier molecular flexibility index (Phi) is 0.708. The summed E-state index contributed by atoms with van der Waals surface area (Å²) in [6, 6.07) is 0. The minimum absolute atomic E-state index is 0.185. The van der Waals surface area contributed by atoms with Crippen LogP contribution in [0.3, 0.4) is 0 Å². The molecule has 0 N–H and O–H groups in total. The van der Waals surface area contributed by atoms with Gasteiger partial charge in [0.25, 0.3) is 0 Å². The number of nitrogens with zero attached hydrogens (tertiary/aromatic N) is 2. The van der Waals surface area contributed by atoms with Gasteiger partial charge in [-0.15, -0.1) is 0 Å². The summed E-state index contributed by atoms with van der Waals surface area (Å²) in [4.78, 5) is 7.78. The van der Waals surface area contributed by atoms with Crippen molar-refractivity contribution in [2.45, 2.75) is 13.1 Å². The summed E-state index contributed by atoms with van der Waals surface area (Å²) in [5.74, 6) is 0. The number of aliphatic imine (C=N–C) groups is 2. The Hall–Kier alpha value is -0.660. The number of hydrogen-bond donors (Lipinski definition) is 0. The van der Waals surface area contributed by atoms with E-state index in [1.54, 1.807) is 12.4 Å². The summed E-state index contributed by atoms with van der Waals surface area (Å²) in [7, 11) is 0. The molecule has 0 saturated heterocycles. The van der Waals surface area contributed by atoms with Gasteiger partial charge >= 0.3 is 0 Å². The standard InChI is InChI=1S/C4H6N2/c1-4-5-2-3-6-4/h2-4H,1H3. The molecule has 0 atom stereocenters. The predicted octanol–water partition coefficient (Wildman–Crippen LogP) is 0.488. The lowest BCUT2D eigenvalue weighted by molar-refractivity contribution is 0.818. The zero-order valence-corrected chi connectivity index (χ0v) is 3.63. The molecule has 1 aliphatic rings. The lowest BCUT2D eigenvalue weighted by atomic mass is 10.6. The van der Waals surface area contributed by atoms with E-state index in [9.17, 15) is 0 Å². The van der Waals surface area contributed by atoms with Crippen LogP contribution in [0.1, 0.15) is 6.92 Å². The van der Waals surface area contributed by atoms with E-state index < -0.39 is 0 Å². The molecule has 6 heavy (non-hydrogen) atoms. The SMILES string of the molecule is CC1N=CC=N1. The first-order valence-electron chi connectivity index (χ1n) is 1.94. The third-order valence-corrected chi connectivity index (χ3v) is 0.670. The Morgan fingerprint density at radius 2 is 1.83 bits per heavy atom. The topological polar surface area (TPSA) is 24.7 Å². The Balaban J connectivity index is 2.60. The van der Waals surface area contributed by atoms with Crippen molar-refractivity contribution in [3.63, 3.8) is 0 Å². The lowest BCUT2D eigenvalue weighted by Gasteiger charge is -1.84. The Labute approximate surface area is 36.6 Å². The van der Waals surface area contributed by atoms with Crippen LogP contribution in [0.15, 0.2) is 9.98 Å². The monoisotopic (exact) mass is 82.1 g/mol. The Bertz CT molecular complexity index is 81.7. The van der Waals surface area contributed by atoms with Gasteiger partial charge in [0, 0.05) is 12.4 Å². The second-order valence-electron chi connectivity index (χ2n) is 1.23. The maximum absolute atomic E-state index is 3.89. The molecule has 0 saturated carbocycles. The van der Waals surface area contributed by atoms with Crippen molar-refractivity contribution in [1.29, 1.82) is 0 Å². The van der Waals surface area contributed by atoms with Crippen LogP contribution in [0.25, 0.3) is 0 Å². The third-order valence-electron chi connectivity index (χ3n) is 0.670. The van der Waals surface area contributed by atoms with Crippen LogP contribution in [0.4, 0.5) is 0 Å². The summed E-state index contributed by atoms with van der Waals surface area (Å²) in [6.45, 7) is 1.94. The fraction of sp³-hybridized carbons (Fsp3) is 0.500. The summed E-state index contributed by atoms with van der Waals surface area (Å²) in [6.07, 6.45) is 3.61. The summed E-state index contributed by atoms with van der Waals surface area (Å²) >= 11 is 0. The van der Waals surface area contributed by atoms with Gasteiger partial charge in [-0.2, -0.15) is 0 Å². The highest BCUT2D eigenvalue weighted by molar-refractivity contribution is 6.17. The molecule has 0 aliphatic carbocycles. The molecule has 0 amide bonds. The Morgan fingerprint density at radius 3 is 2.00 bits per heavy atom. The molecule has 0 aromatic heterocycles. The van der Waals surface area contributed by atoms with Gasteiger partial charge in [-0.1, -0.05) is 0 Å². The van der Waals surface area contributed by atoms with E-state index in [0.717, 1.165) is 0 Å². The van der Waals surface area contributed by atoms with Crippen LogP contribution in [0, 0.1) is 0 Å². The average molecular weight is 82.1 g/mol. The molecule has 0 aromatic rings. The van der Waals surface area contributed by atoms with Crippen LogP contribution >= 0.6 is 0 Å². The first-order chi connectivity index (χ1) is 2.89. The van der Waals surface area contributed by atoms with E-state index in [-0.39, 0.29) is 6.17 Å². The van der Waals surface area contributed by atoms with Gasteiger partial charge in [-0.3, -0.25) is 9.98 Å². The maximum Gasteiger partial charge on any atom is 0.136 e. The van der Waals surface area contributed by atoms with Gasteiger partial charge < -0.3 is 0 Å². The molecule has 2 nitrogen and oxygen atoms in total. The minimum atomic E-state index is 0.185. The highest BCUT2D eigenvalue weighted by Gasteiger charge is 1.91. The van der Waals surface area contributed by atoms with Crippen molar-refractivity contribution in [1.82, 2.24) is 0 Å². The van der Waals surface area contributed by atoms with Gasteiger partial charge in [-0.05, 0) is 6.92 Å². The summed E-state index contributed by atoms with van der Waals surface area (Å²) in [5, 5.41) is 0. The fourth-order valence-corrected chi connectivity index (χ4v) is 0.365. The molecule has 0 aromatic carbocycles. The van der Waals surface area contributed by atoms with E-state index in [0.29, 0.717) is 0 Å². The van der Waals surface area contributed by atoms with E-state index in [1.807, 2.05) is 6.92 Å². The van der Waals surface area contributed by atoms with Crippen molar-refractivity contribution >= 4 is 12.4 Å². The Morgan fingerprint density at radius 1 is 1.33 bits per heavy atom. The molecule has 0 bridgehead atoms. The molecule has 0 radical (unpaired) electrons. The minimum Gasteiger partial charge on any atom is -0.265 e. The van der Waals surface area contributed by atoms with Gasteiger partial charge in [0.05, 0.1) is 0 Å². The van der Waals surface area contributed by atoms with Crippen molar-refractivity contribution in [2.75, 3.05) is 0 Å². The summed E-state index contributed by atoms with van der Waals surface area (Å²) < 4.78 is 0. The third kappa shape index (κ3) is 0.455. The second-order valence-corrected chi connectivity index (χ2v) is 1.23. The average Bonchev–Trinajstić information content (AvgIpc) is 1.86. The molecular weight excluding hydrogens is 76.1 g/mol. The quantitative estimate of drug-likeness (QED) is 0.406. The van der Waals surface area contributed by atoms with Crippen molar-refractivity contribution < 1.29 is 0 Å². The first-order valence-corrected chi connectivity index (χ1v) is 1.94. The van der Waals surface area contributed by atoms with Crippen molar-refractivity contribution in [3.05, 3.63) is 0 Å². The molecule has 1 rings (SSSR count). The molecule has 32 valence electrons. The zero-order valence-electron chi connectivity index (χ0n) is 3.63. The maximum atomic E-state index is 3.89. The van der Waals surface area contributed by atoms with Crippen LogP contribution in [0.5, 0.6) is 0 Å². The van der Waals surface area contributed by atoms with Crippen LogP contribution < -0.4 is 0 Å². The van der Waals surface area contributed by atoms with Gasteiger partial charge in [0.1, 0.15) is 6.17 Å². The van der Waals surface area contributed by atoms with E-state index >= 15 is 0 Å². The normalized spacial score (nSPS) is 20.2. The molecule has 1 aliphatic heterocycles. The number of hydrogen-bond acceptors (Lipinski definition) is 2. The molecule has 2 heteroatoms. The smallest absolute Gasteiger partial charge is 0.136 e. The van der Waals surface area contributed by atoms with Crippen LogP contribution in [0.2, 0.25) is 0 Å². The highest BCUT2D eigenvalue weighted by atomic mass is 15.0. The van der Waals surface area contributed by atoms with Crippen molar-refractivity contribution in [2.24, 2.45) is 9.98 Å². The van der Waals surface area contributed by atoms with Gasteiger partial charge in [0.2, 0.25) is 0 Å². The number of rotatable bonds is 0. The van der Waals surface area contributed by atoms with E-state index in [2.05, 4.69) is 9.98 Å². The first kappa shape index (κ1) is 3.53. The molecule has 1 heterocycles. The van der Waals surface area contributed by atoms with Gasteiger partial charge in [-0.25, -0.2) is 0 Å². The largest absolute Gasteiger partial charge is 0.265 e. The predicted molar refractivity (Wildman–Crippen MR) is 26.4 cm³/mol. The van der Waals surface area contributed by atoms with Gasteiger partial charge in [0.15, 0.2) is 0 Å². The van der Waals surface area contributed by atoms with Crippen LogP contribution in [-0.4, -0.2) is 18.6 Å². The molecule has 0 spiro atoms. The highest BCUT2D eigenvalue weighted by Crippen LogP contribution is 1.91. The summed E-state index contributed by atoms with van der Waals surface area (Å²) in [5.41, 5.74) is 0. The zero-order chi connectivity index (χ0) is 4.41.